The number of benzene rings is 18. The fourth-order valence-corrected chi connectivity index (χ4v) is 23.1. The van der Waals surface area contributed by atoms with Crippen LogP contribution in [0.25, 0.3) is 248 Å². The van der Waals surface area contributed by atoms with Gasteiger partial charge in [0.25, 0.3) is 0 Å². The quantitative estimate of drug-likeness (QED) is 0.106. The Hall–Kier alpha value is -14.4. The number of rotatable bonds is 9. The normalized spacial score (nSPS) is 15.0. The predicted molar refractivity (Wildman–Crippen MR) is 508 cm³/mol. The summed E-state index contributed by atoms with van der Waals surface area (Å²) >= 11 is 0. The lowest BCUT2D eigenvalue weighted by atomic mass is 9.77. The number of aromatic nitrogens is 2. The highest BCUT2D eigenvalue weighted by Crippen LogP contribution is 2.65. The summed E-state index contributed by atoms with van der Waals surface area (Å²) in [6.45, 7) is 6.99. The summed E-state index contributed by atoms with van der Waals surface area (Å²) < 4.78 is 0. The maximum atomic E-state index is 5.02. The van der Waals surface area contributed by atoms with Crippen LogP contribution in [0, 0.1) is 0 Å². The van der Waals surface area contributed by atoms with Crippen molar-refractivity contribution in [3.8, 4) is 156 Å². The highest BCUT2D eigenvalue weighted by molar-refractivity contribution is 6.36. The monoisotopic (exact) mass is 1520 g/mol. The van der Waals surface area contributed by atoms with E-state index >= 15 is 0 Å². The molecule has 0 N–H and O–H groups in total. The van der Waals surface area contributed by atoms with Gasteiger partial charge in [-0.15, -0.1) is 0 Å². The third-order valence-electron chi connectivity index (χ3n) is 28.0. The molecule has 0 saturated heterocycles. The van der Waals surface area contributed by atoms with Gasteiger partial charge in [0.15, 0.2) is 0 Å². The summed E-state index contributed by atoms with van der Waals surface area (Å²) in [7, 11) is 0. The first kappa shape index (κ1) is 67.7. The third-order valence-corrected chi connectivity index (χ3v) is 28.0. The number of hydrogen-bond donors (Lipinski definition) is 0. The SMILES string of the molecule is CC(C)(C)c1ccc2c(c1)-c1cccc3c(-c4ccc5c6c(cccc46)-c4c-5c(C5C=CCCC5)c5ccccc5c4-c4ccc(C5=CCC(c6c7c(c(-c8ccccc8)c8ccccc68)-c6cccc8c(-c9c%10ccccc%10c%10c%11c(cccc9%11)-c9c(-c%11ccccn%11)ccc(-c%11ccccn%11)c9-%10)ccc-7c68)C=C5)cc4)c4ccccc4c-2c13. The van der Waals surface area contributed by atoms with Crippen LogP contribution in [0.1, 0.15) is 80.5 Å². The molecule has 2 heteroatoms. The van der Waals surface area contributed by atoms with Crippen LogP contribution in [-0.4, -0.2) is 9.97 Å². The second kappa shape index (κ2) is 25.5. The molecule has 0 bridgehead atoms. The van der Waals surface area contributed by atoms with Crippen LogP contribution in [0.15, 0.2) is 358 Å². The highest BCUT2D eigenvalue weighted by atomic mass is 14.7. The molecule has 0 radical (unpaired) electrons. The molecule has 2 aromatic heterocycles. The molecule has 20 aromatic rings. The molecule has 0 aliphatic heterocycles. The van der Waals surface area contributed by atoms with E-state index in [4.69, 9.17) is 9.97 Å². The van der Waals surface area contributed by atoms with Crippen LogP contribution in [0.4, 0.5) is 0 Å². The molecule has 2 unspecified atom stereocenters. The van der Waals surface area contributed by atoms with Crippen molar-refractivity contribution in [1.82, 2.24) is 9.97 Å². The molecular formula is C118H78N2. The Bertz CT molecular complexity index is 8090. The summed E-state index contributed by atoms with van der Waals surface area (Å²) in [6.07, 6.45) is 20.6. The van der Waals surface area contributed by atoms with E-state index in [2.05, 4.69) is 354 Å². The van der Waals surface area contributed by atoms with Crippen LogP contribution >= 0.6 is 0 Å². The van der Waals surface area contributed by atoms with E-state index < -0.39 is 0 Å². The maximum absolute atomic E-state index is 5.02. The summed E-state index contributed by atoms with van der Waals surface area (Å²) in [5.74, 6) is 0.395. The molecule has 2 atom stereocenters. The van der Waals surface area contributed by atoms with Gasteiger partial charge in [-0.2, -0.15) is 0 Å². The van der Waals surface area contributed by atoms with Crippen molar-refractivity contribution in [2.45, 2.75) is 63.7 Å². The predicted octanol–water partition coefficient (Wildman–Crippen LogP) is 32.5. The van der Waals surface area contributed by atoms with E-state index in [1.165, 1.54) is 254 Å². The maximum Gasteiger partial charge on any atom is 0.0708 e. The van der Waals surface area contributed by atoms with Crippen molar-refractivity contribution in [1.29, 1.82) is 0 Å². The molecule has 6 aliphatic rings. The standard InChI is InChI=1S/C118H78N2/c1-118(2,3)73-56-57-87-97(66-73)84-40-24-41-90-104(78-34-14-16-36-82(78)108(87)109(84)90)85-58-62-95-107-80(85)38-23-44-93(107)115-102(76-32-12-11-31-75(76)101(116(95)115)70-28-8-5-9-29-70)71-52-48-67(49-53-71)68-50-54-72(55-51-68)103-77-33-13-10-30-74(77)100(69-26-6-4-7-27-69)114-92-43-22-39-81-86(59-63-96(106(81)92)117(103)114)105-79-35-15-17-37-83(79)112-111-91(105)42-25-45-94(111)110-88(98-46-18-20-64-119-98)60-61-89(113(110)112)99-47-19-21-65-120-99/h4,6-8,10-28,30-54,56-66,70,72H,5,9,29,55H2,1-3H3. The van der Waals surface area contributed by atoms with Crippen LogP contribution in [0.2, 0.25) is 0 Å². The number of allylic oxidation sites excluding steroid dienone is 6. The van der Waals surface area contributed by atoms with Crippen LogP contribution < -0.4 is 0 Å². The summed E-state index contributed by atoms with van der Waals surface area (Å²) in [4.78, 5) is 10.0. The van der Waals surface area contributed by atoms with E-state index in [1.807, 2.05) is 24.5 Å². The Morgan fingerprint density at radius 1 is 0.267 bits per heavy atom. The minimum absolute atomic E-state index is 0.0291. The zero-order valence-corrected chi connectivity index (χ0v) is 66.9. The van der Waals surface area contributed by atoms with Crippen molar-refractivity contribution in [3.63, 3.8) is 0 Å². The van der Waals surface area contributed by atoms with Gasteiger partial charge in [-0.05, 0) is 298 Å². The topological polar surface area (TPSA) is 25.8 Å². The molecule has 0 amide bonds. The molecule has 6 aliphatic carbocycles. The zero-order valence-electron chi connectivity index (χ0n) is 66.9. The first-order valence-corrected chi connectivity index (χ1v) is 42.9. The Kier molecular flexibility index (Phi) is 14.4. The molecule has 2 nitrogen and oxygen atoms in total. The van der Waals surface area contributed by atoms with Gasteiger partial charge in [0.1, 0.15) is 0 Å². The van der Waals surface area contributed by atoms with Crippen LogP contribution in [0.5, 0.6) is 0 Å². The molecule has 26 rings (SSSR count). The van der Waals surface area contributed by atoms with Crippen molar-refractivity contribution in [2.24, 2.45) is 0 Å². The van der Waals surface area contributed by atoms with Crippen molar-refractivity contribution in [2.75, 3.05) is 0 Å². The average Bonchev–Trinajstić information content (AvgIpc) is 1.53. The Balaban J connectivity index is 0.606. The lowest BCUT2D eigenvalue weighted by Gasteiger charge is -2.26. The summed E-state index contributed by atoms with van der Waals surface area (Å²) in [5.41, 5.74) is 42.1. The van der Waals surface area contributed by atoms with E-state index in [0.29, 0.717) is 5.92 Å². The zero-order chi connectivity index (χ0) is 78.9. The highest BCUT2D eigenvalue weighted by Gasteiger charge is 2.39. The number of fused-ring (bicyclic) bond motifs is 18. The van der Waals surface area contributed by atoms with Crippen LogP contribution in [0.3, 0.4) is 0 Å². The second-order valence-corrected chi connectivity index (χ2v) is 35.1. The number of nitrogens with zero attached hydrogens (tertiary/aromatic N) is 2. The van der Waals surface area contributed by atoms with Crippen molar-refractivity contribution < 1.29 is 0 Å². The van der Waals surface area contributed by atoms with Gasteiger partial charge in [-0.3, -0.25) is 9.97 Å². The van der Waals surface area contributed by atoms with E-state index in [-0.39, 0.29) is 11.3 Å². The van der Waals surface area contributed by atoms with Crippen molar-refractivity contribution in [3.05, 3.63) is 380 Å². The molecule has 0 saturated carbocycles. The van der Waals surface area contributed by atoms with Crippen LogP contribution in [-0.2, 0) is 5.41 Å². The van der Waals surface area contributed by atoms with Crippen molar-refractivity contribution >= 4 is 91.8 Å². The minimum atomic E-state index is 0.0291. The minimum Gasteiger partial charge on any atom is -0.256 e. The Morgan fingerprint density at radius 3 is 1.23 bits per heavy atom. The van der Waals surface area contributed by atoms with Gasteiger partial charge in [-0.25, -0.2) is 0 Å². The molecule has 120 heavy (non-hydrogen) atoms. The van der Waals surface area contributed by atoms with E-state index in [0.717, 1.165) is 41.8 Å². The molecule has 0 fully saturated rings. The lowest BCUT2D eigenvalue weighted by molar-refractivity contribution is 0.590. The molecular weight excluding hydrogens is 1450 g/mol. The van der Waals surface area contributed by atoms with Gasteiger partial charge >= 0.3 is 0 Å². The first-order chi connectivity index (χ1) is 59.3. The molecule has 560 valence electrons. The molecule has 18 aromatic carbocycles. The van der Waals surface area contributed by atoms with E-state index in [9.17, 15) is 0 Å². The smallest absolute Gasteiger partial charge is 0.0708 e. The summed E-state index contributed by atoms with van der Waals surface area (Å²) in [5, 5.41) is 20.8. The fourth-order valence-electron chi connectivity index (χ4n) is 23.1. The molecule has 0 spiro atoms. The largest absolute Gasteiger partial charge is 0.256 e. The molecule has 2 heterocycles. The van der Waals surface area contributed by atoms with Gasteiger partial charge in [-0.1, -0.05) is 336 Å². The number of pyridine rings is 2. The van der Waals surface area contributed by atoms with E-state index in [1.54, 1.807) is 0 Å². The number of hydrogen-bond acceptors (Lipinski definition) is 2. The lowest BCUT2D eigenvalue weighted by Crippen LogP contribution is -2.10. The van der Waals surface area contributed by atoms with Gasteiger partial charge < -0.3 is 0 Å². The Morgan fingerprint density at radius 2 is 0.700 bits per heavy atom. The second-order valence-electron chi connectivity index (χ2n) is 35.1. The third kappa shape index (κ3) is 9.45. The van der Waals surface area contributed by atoms with Gasteiger partial charge in [0.05, 0.1) is 11.4 Å². The average molecular weight is 1520 g/mol. The van der Waals surface area contributed by atoms with Gasteiger partial charge in [0.2, 0.25) is 0 Å². The Labute approximate surface area is 697 Å². The fraction of sp³-hybridized carbons (Fsp3) is 0.0847. The summed E-state index contributed by atoms with van der Waals surface area (Å²) in [6, 6.07) is 121. The first-order valence-electron chi connectivity index (χ1n) is 42.9. The van der Waals surface area contributed by atoms with Gasteiger partial charge in [0, 0.05) is 46.5 Å².